The summed E-state index contributed by atoms with van der Waals surface area (Å²) in [5.41, 5.74) is 0.591. The zero-order valence-corrected chi connectivity index (χ0v) is 17.3. The van der Waals surface area contributed by atoms with Crippen molar-refractivity contribution in [2.24, 2.45) is 0 Å². The number of rotatable bonds is 3. The summed E-state index contributed by atoms with van der Waals surface area (Å²) in [6.07, 6.45) is -0.371. The number of amides is 2. The van der Waals surface area contributed by atoms with Crippen molar-refractivity contribution in [3.63, 3.8) is 0 Å². The van der Waals surface area contributed by atoms with Gasteiger partial charge in [-0.2, -0.15) is 18.3 Å². The molecular weight excluding hydrogens is 421 g/mol. The molecule has 1 atom stereocenters. The zero-order chi connectivity index (χ0) is 22.9. The predicted molar refractivity (Wildman–Crippen MR) is 112 cm³/mol. The van der Waals surface area contributed by atoms with E-state index < -0.39 is 29.2 Å². The largest absolute Gasteiger partial charge is 0.418 e. The summed E-state index contributed by atoms with van der Waals surface area (Å²) in [7, 11) is 0. The lowest BCUT2D eigenvalue weighted by atomic mass is 10.0. The average molecular weight is 442 g/mol. The monoisotopic (exact) mass is 442 g/mol. The number of aryl methyl sites for hydroxylation is 1. The third-order valence-corrected chi connectivity index (χ3v) is 5.46. The minimum Gasteiger partial charge on any atom is -0.327 e. The van der Waals surface area contributed by atoms with Gasteiger partial charge in [0, 0.05) is 18.9 Å². The van der Waals surface area contributed by atoms with Crippen molar-refractivity contribution in [1.82, 2.24) is 14.7 Å². The molecule has 1 aliphatic heterocycles. The fourth-order valence-corrected chi connectivity index (χ4v) is 3.98. The molecule has 1 fully saturated rings. The summed E-state index contributed by atoms with van der Waals surface area (Å²) in [6, 6.07) is 12.4. The van der Waals surface area contributed by atoms with E-state index >= 15 is 0 Å². The van der Waals surface area contributed by atoms with Crippen LogP contribution >= 0.6 is 0 Å². The third kappa shape index (κ3) is 4.37. The second kappa shape index (κ2) is 8.49. The second-order valence-corrected chi connectivity index (χ2v) is 7.70. The van der Waals surface area contributed by atoms with Crippen molar-refractivity contribution in [2.45, 2.75) is 32.0 Å². The number of benzene rings is 2. The van der Waals surface area contributed by atoms with Gasteiger partial charge in [0.05, 0.1) is 23.0 Å². The van der Waals surface area contributed by atoms with Crippen LogP contribution in [0.5, 0.6) is 0 Å². The highest BCUT2D eigenvalue weighted by atomic mass is 19.4. The number of nitrogens with one attached hydrogen (secondary N) is 1. The topological polar surface area (TPSA) is 67.2 Å². The van der Waals surface area contributed by atoms with Gasteiger partial charge in [0.1, 0.15) is 0 Å². The van der Waals surface area contributed by atoms with Crippen LogP contribution in [0.4, 0.5) is 18.9 Å². The first-order valence-corrected chi connectivity index (χ1v) is 10.1. The molecule has 0 bridgehead atoms. The number of anilines is 1. The van der Waals surface area contributed by atoms with Crippen molar-refractivity contribution in [3.05, 3.63) is 77.6 Å². The van der Waals surface area contributed by atoms with Gasteiger partial charge in [0.15, 0.2) is 0 Å². The van der Waals surface area contributed by atoms with Gasteiger partial charge < -0.3 is 10.2 Å². The number of alkyl halides is 3. The zero-order valence-electron chi connectivity index (χ0n) is 17.3. The van der Waals surface area contributed by atoms with E-state index in [1.54, 1.807) is 6.07 Å². The highest BCUT2D eigenvalue weighted by Gasteiger charge is 2.37. The molecule has 0 spiro atoms. The Morgan fingerprint density at radius 1 is 1.12 bits per heavy atom. The van der Waals surface area contributed by atoms with E-state index in [0.29, 0.717) is 19.4 Å². The van der Waals surface area contributed by atoms with Crippen LogP contribution in [-0.2, 0) is 15.8 Å². The quantitative estimate of drug-likeness (QED) is 0.608. The van der Waals surface area contributed by atoms with Gasteiger partial charge in [-0.15, -0.1) is 0 Å². The van der Waals surface area contributed by atoms with Crippen LogP contribution in [-0.4, -0.2) is 33.0 Å². The Bertz CT molecular complexity index is 1140. The second-order valence-electron chi connectivity index (χ2n) is 7.70. The summed E-state index contributed by atoms with van der Waals surface area (Å²) in [5, 5.41) is 6.10. The molecule has 1 aromatic heterocycles. The first kappa shape index (κ1) is 21.6. The molecule has 1 saturated heterocycles. The predicted octanol–water partition coefficient (Wildman–Crippen LogP) is 4.50. The van der Waals surface area contributed by atoms with E-state index in [2.05, 4.69) is 10.4 Å². The number of halogens is 3. The van der Waals surface area contributed by atoms with E-state index in [1.165, 1.54) is 28.0 Å². The van der Waals surface area contributed by atoms with Crippen LogP contribution in [0.3, 0.4) is 0 Å². The molecule has 3 aromatic rings. The van der Waals surface area contributed by atoms with Crippen LogP contribution in [0.15, 0.2) is 60.9 Å². The highest BCUT2D eigenvalue weighted by molar-refractivity contribution is 6.39. The maximum Gasteiger partial charge on any atom is 0.418 e. The molecule has 32 heavy (non-hydrogen) atoms. The number of aromatic nitrogens is 2. The Labute approximate surface area is 182 Å². The van der Waals surface area contributed by atoms with Crippen LogP contribution in [0.1, 0.15) is 35.6 Å². The smallest absolute Gasteiger partial charge is 0.327 e. The van der Waals surface area contributed by atoms with Crippen molar-refractivity contribution in [1.29, 1.82) is 0 Å². The maximum atomic E-state index is 13.7. The molecule has 9 heteroatoms. The SMILES string of the molecule is Cc1cccc(C2CCCN2C(=O)C(=O)Nc2ccc(-n3cccn3)cc2C(F)(F)F)c1. The Balaban J connectivity index is 1.57. The first-order valence-electron chi connectivity index (χ1n) is 10.1. The molecule has 1 aliphatic rings. The Hall–Kier alpha value is -3.62. The lowest BCUT2D eigenvalue weighted by Gasteiger charge is -2.25. The van der Waals surface area contributed by atoms with Crippen LogP contribution in [0, 0.1) is 6.92 Å². The standard InChI is InChI=1S/C23H21F3N4O2/c1-15-5-2-6-16(13-15)20-7-3-11-29(20)22(32)21(31)28-19-9-8-17(30-12-4-10-27-30)14-18(19)23(24,25)26/h2,4-6,8-10,12-14,20H,3,7,11H2,1H3,(H,28,31). The molecule has 6 nitrogen and oxygen atoms in total. The number of hydrogen-bond donors (Lipinski definition) is 1. The maximum absolute atomic E-state index is 13.7. The molecule has 166 valence electrons. The van der Waals surface area contributed by atoms with Crippen molar-refractivity contribution < 1.29 is 22.8 Å². The molecule has 2 amide bonds. The van der Waals surface area contributed by atoms with E-state index in [9.17, 15) is 22.8 Å². The van der Waals surface area contributed by atoms with Gasteiger partial charge in [-0.25, -0.2) is 4.68 Å². The van der Waals surface area contributed by atoms with Crippen LogP contribution in [0.2, 0.25) is 0 Å². The number of hydrogen-bond acceptors (Lipinski definition) is 3. The molecule has 0 radical (unpaired) electrons. The van der Waals surface area contributed by atoms with Gasteiger partial charge in [-0.05, 0) is 49.6 Å². The first-order chi connectivity index (χ1) is 15.2. The van der Waals surface area contributed by atoms with E-state index in [4.69, 9.17) is 0 Å². The van der Waals surface area contributed by atoms with Gasteiger partial charge in [0.2, 0.25) is 0 Å². The highest BCUT2D eigenvalue weighted by Crippen LogP contribution is 2.37. The number of carbonyl (C=O) groups is 2. The molecule has 1 unspecified atom stereocenters. The molecule has 4 rings (SSSR count). The van der Waals surface area contributed by atoms with Crippen molar-refractivity contribution in [2.75, 3.05) is 11.9 Å². The molecule has 0 aliphatic carbocycles. The molecule has 2 aromatic carbocycles. The summed E-state index contributed by atoms with van der Waals surface area (Å²) in [5.74, 6) is -1.94. The average Bonchev–Trinajstić information content (AvgIpc) is 3.45. The minimum absolute atomic E-state index is 0.186. The molecule has 0 saturated carbocycles. The Kier molecular flexibility index (Phi) is 5.73. The molecule has 1 N–H and O–H groups in total. The Morgan fingerprint density at radius 2 is 1.94 bits per heavy atom. The van der Waals surface area contributed by atoms with Gasteiger partial charge >= 0.3 is 18.0 Å². The van der Waals surface area contributed by atoms with E-state index in [-0.39, 0.29) is 11.7 Å². The summed E-state index contributed by atoms with van der Waals surface area (Å²) in [6.45, 7) is 2.30. The lowest BCUT2D eigenvalue weighted by molar-refractivity contribution is -0.144. The number of nitrogens with zero attached hydrogens (tertiary/aromatic N) is 3. The minimum atomic E-state index is -4.73. The summed E-state index contributed by atoms with van der Waals surface area (Å²) < 4.78 is 42.3. The van der Waals surface area contributed by atoms with Crippen molar-refractivity contribution >= 4 is 17.5 Å². The van der Waals surface area contributed by atoms with Gasteiger partial charge in [0.25, 0.3) is 0 Å². The van der Waals surface area contributed by atoms with Gasteiger partial charge in [-0.3, -0.25) is 9.59 Å². The van der Waals surface area contributed by atoms with E-state index in [0.717, 1.165) is 23.3 Å². The van der Waals surface area contributed by atoms with Gasteiger partial charge in [-0.1, -0.05) is 29.8 Å². The molecule has 2 heterocycles. The van der Waals surface area contributed by atoms with Crippen LogP contribution < -0.4 is 5.32 Å². The summed E-state index contributed by atoms with van der Waals surface area (Å²) >= 11 is 0. The fraction of sp³-hybridized carbons (Fsp3) is 0.261. The Morgan fingerprint density at radius 3 is 2.62 bits per heavy atom. The normalized spacial score (nSPS) is 16.2. The van der Waals surface area contributed by atoms with Crippen LogP contribution in [0.25, 0.3) is 5.69 Å². The van der Waals surface area contributed by atoms with Crippen molar-refractivity contribution in [3.8, 4) is 5.69 Å². The number of likely N-dealkylation sites (tertiary alicyclic amines) is 1. The van der Waals surface area contributed by atoms with E-state index in [1.807, 2.05) is 31.2 Å². The number of carbonyl (C=O) groups excluding carboxylic acids is 2. The fourth-order valence-electron chi connectivity index (χ4n) is 3.98. The lowest BCUT2D eigenvalue weighted by Crippen LogP contribution is -2.39. The third-order valence-electron chi connectivity index (χ3n) is 5.46. The summed E-state index contributed by atoms with van der Waals surface area (Å²) in [4.78, 5) is 26.9. The molecular formula is C23H21F3N4O2.